The van der Waals surface area contributed by atoms with Gasteiger partial charge in [-0.15, -0.1) is 0 Å². The van der Waals surface area contributed by atoms with Gasteiger partial charge in [0.05, 0.1) is 0 Å². The molecule has 0 aromatic carbocycles. The third kappa shape index (κ3) is 2.27. The molecule has 0 bridgehead atoms. The van der Waals surface area contributed by atoms with E-state index in [0.29, 0.717) is 13.1 Å². The van der Waals surface area contributed by atoms with Crippen molar-refractivity contribution in [3.63, 3.8) is 0 Å². The second-order valence-corrected chi connectivity index (χ2v) is 4.60. The van der Waals surface area contributed by atoms with Crippen LogP contribution in [0.3, 0.4) is 0 Å². The van der Waals surface area contributed by atoms with Crippen molar-refractivity contribution < 1.29 is 13.6 Å². The number of hydrogen-bond acceptors (Lipinski definition) is 2. The van der Waals surface area contributed by atoms with E-state index in [2.05, 4.69) is 5.32 Å². The number of carbonyl (C=O) groups excluding carboxylic acids is 1. The van der Waals surface area contributed by atoms with Gasteiger partial charge in [-0.3, -0.25) is 4.79 Å². The summed E-state index contributed by atoms with van der Waals surface area (Å²) in [6.07, 6.45) is -0.520. The van der Waals surface area contributed by atoms with Crippen LogP contribution in [0.2, 0.25) is 0 Å². The standard InChI is InChI=1S/C10H16F2N2O/c1-7-6-14(3-2-13-7)9(15)8-4-10(11,12)5-8/h7-8,13H,2-6H2,1H3/t7-/m0/s1. The minimum absolute atomic E-state index is 0.0886. The van der Waals surface area contributed by atoms with Crippen LogP contribution in [0.5, 0.6) is 0 Å². The quantitative estimate of drug-likeness (QED) is 0.707. The molecule has 1 aliphatic heterocycles. The summed E-state index contributed by atoms with van der Waals surface area (Å²) in [7, 11) is 0. The van der Waals surface area contributed by atoms with Crippen molar-refractivity contribution in [1.29, 1.82) is 0 Å². The smallest absolute Gasteiger partial charge is 0.249 e. The molecule has 2 aliphatic rings. The van der Waals surface area contributed by atoms with Crippen LogP contribution in [0.1, 0.15) is 19.8 Å². The Morgan fingerprint density at radius 2 is 2.13 bits per heavy atom. The minimum Gasteiger partial charge on any atom is -0.340 e. The highest BCUT2D eigenvalue weighted by Gasteiger charge is 2.49. The first-order valence-corrected chi connectivity index (χ1v) is 5.38. The first-order chi connectivity index (χ1) is 6.98. The molecule has 0 radical (unpaired) electrons. The van der Waals surface area contributed by atoms with Gasteiger partial charge in [-0.05, 0) is 6.92 Å². The summed E-state index contributed by atoms with van der Waals surface area (Å²) in [5.41, 5.74) is 0. The third-order valence-electron chi connectivity index (χ3n) is 3.12. The Kier molecular flexibility index (Phi) is 2.66. The van der Waals surface area contributed by atoms with E-state index in [1.54, 1.807) is 4.90 Å². The maximum absolute atomic E-state index is 12.6. The number of amides is 1. The van der Waals surface area contributed by atoms with Gasteiger partial charge in [0.1, 0.15) is 0 Å². The topological polar surface area (TPSA) is 32.3 Å². The molecule has 1 saturated heterocycles. The second-order valence-electron chi connectivity index (χ2n) is 4.60. The van der Waals surface area contributed by atoms with E-state index in [0.717, 1.165) is 6.54 Å². The van der Waals surface area contributed by atoms with Crippen molar-refractivity contribution >= 4 is 5.91 Å². The molecule has 5 heteroatoms. The molecule has 15 heavy (non-hydrogen) atoms. The zero-order valence-corrected chi connectivity index (χ0v) is 8.80. The van der Waals surface area contributed by atoms with Crippen molar-refractivity contribution in [2.24, 2.45) is 5.92 Å². The molecule has 1 amide bonds. The fourth-order valence-corrected chi connectivity index (χ4v) is 2.23. The highest BCUT2D eigenvalue weighted by molar-refractivity contribution is 5.80. The molecule has 0 unspecified atom stereocenters. The zero-order valence-electron chi connectivity index (χ0n) is 8.80. The van der Waals surface area contributed by atoms with Crippen LogP contribution in [0.4, 0.5) is 8.78 Å². The summed E-state index contributed by atoms with van der Waals surface area (Å²) < 4.78 is 25.2. The molecule has 86 valence electrons. The summed E-state index contributed by atoms with van der Waals surface area (Å²) in [6.45, 7) is 4.04. The maximum atomic E-state index is 12.6. The number of halogens is 2. The molecular weight excluding hydrogens is 202 g/mol. The third-order valence-corrected chi connectivity index (χ3v) is 3.12. The van der Waals surface area contributed by atoms with Crippen molar-refractivity contribution in [2.45, 2.75) is 31.7 Å². The molecule has 2 fully saturated rings. The lowest BCUT2D eigenvalue weighted by Gasteiger charge is -2.39. The van der Waals surface area contributed by atoms with Gasteiger partial charge in [0.25, 0.3) is 0 Å². The summed E-state index contributed by atoms with van der Waals surface area (Å²) >= 11 is 0. The van der Waals surface area contributed by atoms with Crippen molar-refractivity contribution in [3.8, 4) is 0 Å². The predicted molar refractivity (Wildman–Crippen MR) is 51.7 cm³/mol. The van der Waals surface area contributed by atoms with Gasteiger partial charge in [-0.25, -0.2) is 8.78 Å². The summed E-state index contributed by atoms with van der Waals surface area (Å²) in [6, 6.07) is 0.267. The number of nitrogens with zero attached hydrogens (tertiary/aromatic N) is 1. The van der Waals surface area contributed by atoms with E-state index in [-0.39, 0.29) is 24.8 Å². The van der Waals surface area contributed by atoms with E-state index in [4.69, 9.17) is 0 Å². The highest BCUT2D eigenvalue weighted by atomic mass is 19.3. The van der Waals surface area contributed by atoms with Crippen molar-refractivity contribution in [2.75, 3.05) is 19.6 Å². The van der Waals surface area contributed by atoms with Crippen LogP contribution in [0, 0.1) is 5.92 Å². The van der Waals surface area contributed by atoms with Crippen LogP contribution in [0.15, 0.2) is 0 Å². The van der Waals surface area contributed by atoms with E-state index in [1.807, 2.05) is 6.92 Å². The first-order valence-electron chi connectivity index (χ1n) is 5.38. The Bertz CT molecular complexity index is 262. The number of carbonyl (C=O) groups is 1. The van der Waals surface area contributed by atoms with E-state index >= 15 is 0 Å². The average Bonchev–Trinajstić information content (AvgIpc) is 2.13. The molecule has 0 aromatic heterocycles. The molecule has 3 nitrogen and oxygen atoms in total. The van der Waals surface area contributed by atoms with Gasteiger partial charge in [-0.1, -0.05) is 0 Å². The summed E-state index contributed by atoms with van der Waals surface area (Å²) in [5.74, 6) is -3.13. The number of piperazine rings is 1. The molecule has 0 spiro atoms. The van der Waals surface area contributed by atoms with Crippen LogP contribution in [-0.2, 0) is 4.79 Å². The summed E-state index contributed by atoms with van der Waals surface area (Å²) in [5, 5.41) is 3.22. The molecule has 1 aliphatic carbocycles. The van der Waals surface area contributed by atoms with Crippen molar-refractivity contribution in [3.05, 3.63) is 0 Å². The van der Waals surface area contributed by atoms with Crippen LogP contribution in [0.25, 0.3) is 0 Å². The van der Waals surface area contributed by atoms with Gasteiger partial charge in [0, 0.05) is 44.4 Å². The molecular formula is C10H16F2N2O. The second kappa shape index (κ2) is 3.70. The van der Waals surface area contributed by atoms with E-state index in [1.165, 1.54) is 0 Å². The van der Waals surface area contributed by atoms with E-state index in [9.17, 15) is 13.6 Å². The minimum atomic E-state index is -2.60. The van der Waals surface area contributed by atoms with Gasteiger partial charge in [-0.2, -0.15) is 0 Å². The lowest BCUT2D eigenvalue weighted by atomic mass is 9.80. The number of nitrogens with one attached hydrogen (secondary N) is 1. The van der Waals surface area contributed by atoms with Gasteiger partial charge >= 0.3 is 0 Å². The normalized spacial score (nSPS) is 31.1. The van der Waals surface area contributed by atoms with Gasteiger partial charge in [0.2, 0.25) is 11.8 Å². The maximum Gasteiger partial charge on any atom is 0.249 e. The fraction of sp³-hybridized carbons (Fsp3) is 0.900. The van der Waals surface area contributed by atoms with Crippen LogP contribution >= 0.6 is 0 Å². The lowest BCUT2D eigenvalue weighted by molar-refractivity contribution is -0.160. The molecule has 2 rings (SSSR count). The summed E-state index contributed by atoms with van der Waals surface area (Å²) in [4.78, 5) is 13.5. The molecule has 0 aromatic rings. The number of alkyl halides is 2. The average molecular weight is 218 g/mol. The van der Waals surface area contributed by atoms with E-state index < -0.39 is 11.8 Å². The SMILES string of the molecule is C[C@H]1CN(C(=O)C2CC(F)(F)C2)CCN1. The Balaban J connectivity index is 1.86. The number of hydrogen-bond donors (Lipinski definition) is 1. The van der Waals surface area contributed by atoms with Gasteiger partial charge < -0.3 is 10.2 Å². The van der Waals surface area contributed by atoms with Crippen LogP contribution in [-0.4, -0.2) is 42.4 Å². The molecule has 1 heterocycles. The van der Waals surface area contributed by atoms with Crippen LogP contribution < -0.4 is 5.32 Å². The zero-order chi connectivity index (χ0) is 11.1. The molecule has 1 N–H and O–H groups in total. The Morgan fingerprint density at radius 1 is 1.47 bits per heavy atom. The lowest BCUT2D eigenvalue weighted by Crippen LogP contribution is -2.55. The predicted octanol–water partition coefficient (Wildman–Crippen LogP) is 0.852. The number of rotatable bonds is 1. The Hall–Kier alpha value is -0.710. The largest absolute Gasteiger partial charge is 0.340 e. The molecule has 1 atom stereocenters. The van der Waals surface area contributed by atoms with Crippen molar-refractivity contribution in [1.82, 2.24) is 10.2 Å². The first kappa shape index (κ1) is 10.8. The highest BCUT2D eigenvalue weighted by Crippen LogP contribution is 2.43. The van der Waals surface area contributed by atoms with Gasteiger partial charge in [0.15, 0.2) is 0 Å². The molecule has 1 saturated carbocycles. The fourth-order valence-electron chi connectivity index (χ4n) is 2.23. The monoisotopic (exact) mass is 218 g/mol. The Morgan fingerprint density at radius 3 is 2.67 bits per heavy atom. The Labute approximate surface area is 87.8 Å².